The number of anilines is 1. The Hall–Kier alpha value is -1.71. The SMILES string of the molecule is CCCCNC(=O)NCCN(C)c1ccccc1. The van der Waals surface area contributed by atoms with E-state index in [4.69, 9.17) is 0 Å². The number of hydrogen-bond acceptors (Lipinski definition) is 2. The van der Waals surface area contributed by atoms with Crippen molar-refractivity contribution in [2.45, 2.75) is 19.8 Å². The van der Waals surface area contributed by atoms with Gasteiger partial charge in [-0.1, -0.05) is 31.5 Å². The molecular weight excluding hydrogens is 226 g/mol. The number of unbranched alkanes of at least 4 members (excludes halogenated alkanes) is 1. The molecule has 0 radical (unpaired) electrons. The van der Waals surface area contributed by atoms with Crippen molar-refractivity contribution in [3.05, 3.63) is 30.3 Å². The fraction of sp³-hybridized carbons (Fsp3) is 0.500. The van der Waals surface area contributed by atoms with Gasteiger partial charge in [-0.2, -0.15) is 0 Å². The molecule has 0 saturated heterocycles. The van der Waals surface area contributed by atoms with Gasteiger partial charge in [0.25, 0.3) is 0 Å². The topological polar surface area (TPSA) is 44.4 Å². The van der Waals surface area contributed by atoms with Crippen LogP contribution in [0.25, 0.3) is 0 Å². The number of urea groups is 1. The molecule has 4 heteroatoms. The van der Waals surface area contributed by atoms with Crippen LogP contribution in [0.15, 0.2) is 30.3 Å². The Bertz CT molecular complexity index is 340. The predicted octanol–water partition coefficient (Wildman–Crippen LogP) is 2.22. The van der Waals surface area contributed by atoms with Crippen LogP contribution >= 0.6 is 0 Å². The van der Waals surface area contributed by atoms with Crippen molar-refractivity contribution in [3.63, 3.8) is 0 Å². The lowest BCUT2D eigenvalue weighted by Gasteiger charge is -2.19. The zero-order valence-corrected chi connectivity index (χ0v) is 11.3. The lowest BCUT2D eigenvalue weighted by Crippen LogP contribution is -2.39. The van der Waals surface area contributed by atoms with E-state index in [-0.39, 0.29) is 6.03 Å². The average Bonchev–Trinajstić information content (AvgIpc) is 2.40. The monoisotopic (exact) mass is 249 g/mol. The van der Waals surface area contributed by atoms with E-state index in [0.717, 1.165) is 31.6 Å². The summed E-state index contributed by atoms with van der Waals surface area (Å²) in [4.78, 5) is 13.5. The van der Waals surface area contributed by atoms with Gasteiger partial charge in [-0.25, -0.2) is 4.79 Å². The van der Waals surface area contributed by atoms with Crippen LogP contribution in [0.1, 0.15) is 19.8 Å². The zero-order chi connectivity index (χ0) is 13.2. The van der Waals surface area contributed by atoms with Crippen LogP contribution in [0.4, 0.5) is 10.5 Å². The molecule has 1 rings (SSSR count). The molecular formula is C14H23N3O. The molecule has 18 heavy (non-hydrogen) atoms. The second-order valence-electron chi connectivity index (χ2n) is 4.29. The first-order chi connectivity index (χ1) is 8.74. The highest BCUT2D eigenvalue weighted by Gasteiger charge is 2.01. The molecule has 0 aliphatic rings. The van der Waals surface area contributed by atoms with Gasteiger partial charge in [-0.15, -0.1) is 0 Å². The van der Waals surface area contributed by atoms with Crippen LogP contribution in [0.5, 0.6) is 0 Å². The number of nitrogens with zero attached hydrogens (tertiary/aromatic N) is 1. The van der Waals surface area contributed by atoms with Gasteiger partial charge in [0, 0.05) is 32.4 Å². The number of benzene rings is 1. The molecule has 4 nitrogen and oxygen atoms in total. The number of amides is 2. The zero-order valence-electron chi connectivity index (χ0n) is 11.3. The number of para-hydroxylation sites is 1. The van der Waals surface area contributed by atoms with E-state index in [9.17, 15) is 4.79 Å². The Balaban J connectivity index is 2.16. The van der Waals surface area contributed by atoms with E-state index in [0.29, 0.717) is 6.54 Å². The second kappa shape index (κ2) is 8.39. The molecule has 0 unspecified atom stereocenters. The summed E-state index contributed by atoms with van der Waals surface area (Å²) in [6.07, 6.45) is 2.12. The van der Waals surface area contributed by atoms with Crippen molar-refractivity contribution in [3.8, 4) is 0 Å². The van der Waals surface area contributed by atoms with E-state index in [1.165, 1.54) is 0 Å². The number of likely N-dealkylation sites (N-methyl/N-ethyl adjacent to an activating group) is 1. The molecule has 0 aromatic heterocycles. The number of nitrogens with one attached hydrogen (secondary N) is 2. The molecule has 0 atom stereocenters. The number of carbonyl (C=O) groups is 1. The van der Waals surface area contributed by atoms with Crippen LogP contribution < -0.4 is 15.5 Å². The third-order valence-corrected chi connectivity index (χ3v) is 2.75. The summed E-state index contributed by atoms with van der Waals surface area (Å²) in [6, 6.07) is 10.1. The van der Waals surface area contributed by atoms with E-state index in [2.05, 4.69) is 34.6 Å². The number of rotatable bonds is 7. The van der Waals surface area contributed by atoms with Crippen molar-refractivity contribution in [1.82, 2.24) is 10.6 Å². The highest BCUT2D eigenvalue weighted by molar-refractivity contribution is 5.73. The molecule has 0 aliphatic heterocycles. The van der Waals surface area contributed by atoms with Crippen molar-refractivity contribution in [2.24, 2.45) is 0 Å². The molecule has 100 valence electrons. The van der Waals surface area contributed by atoms with Crippen molar-refractivity contribution >= 4 is 11.7 Å². The van der Waals surface area contributed by atoms with Gasteiger partial charge in [0.1, 0.15) is 0 Å². The summed E-state index contributed by atoms with van der Waals surface area (Å²) in [7, 11) is 2.02. The minimum atomic E-state index is -0.0788. The van der Waals surface area contributed by atoms with E-state index < -0.39 is 0 Å². The molecule has 0 spiro atoms. The Morgan fingerprint density at radius 2 is 1.83 bits per heavy atom. The maximum absolute atomic E-state index is 11.4. The van der Waals surface area contributed by atoms with Crippen molar-refractivity contribution in [2.75, 3.05) is 31.6 Å². The first kappa shape index (κ1) is 14.4. The van der Waals surface area contributed by atoms with Gasteiger partial charge in [0.2, 0.25) is 0 Å². The van der Waals surface area contributed by atoms with Crippen LogP contribution in [0.3, 0.4) is 0 Å². The highest BCUT2D eigenvalue weighted by atomic mass is 16.2. The number of carbonyl (C=O) groups excluding carboxylic acids is 1. The average molecular weight is 249 g/mol. The van der Waals surface area contributed by atoms with Crippen molar-refractivity contribution < 1.29 is 4.79 Å². The van der Waals surface area contributed by atoms with Gasteiger partial charge in [0.05, 0.1) is 0 Å². The van der Waals surface area contributed by atoms with E-state index >= 15 is 0 Å². The molecule has 0 aliphatic carbocycles. The van der Waals surface area contributed by atoms with Gasteiger partial charge in [0.15, 0.2) is 0 Å². The molecule has 0 fully saturated rings. The standard InChI is InChI=1S/C14H23N3O/c1-3-4-10-15-14(18)16-11-12-17(2)13-8-6-5-7-9-13/h5-9H,3-4,10-12H2,1-2H3,(H2,15,16,18). The second-order valence-corrected chi connectivity index (χ2v) is 4.29. The Morgan fingerprint density at radius 1 is 1.17 bits per heavy atom. The molecule has 2 N–H and O–H groups in total. The molecule has 1 aromatic rings. The molecule has 1 aromatic carbocycles. The van der Waals surface area contributed by atoms with Gasteiger partial charge in [-0.3, -0.25) is 0 Å². The Labute approximate surface area is 109 Å². The Morgan fingerprint density at radius 3 is 2.50 bits per heavy atom. The van der Waals surface area contributed by atoms with Gasteiger partial charge < -0.3 is 15.5 Å². The molecule has 0 saturated carbocycles. The Kier molecular flexibility index (Phi) is 6.69. The fourth-order valence-corrected chi connectivity index (χ4v) is 1.59. The van der Waals surface area contributed by atoms with Gasteiger partial charge >= 0.3 is 6.03 Å². The smallest absolute Gasteiger partial charge is 0.314 e. The lowest BCUT2D eigenvalue weighted by molar-refractivity contribution is 0.241. The quantitative estimate of drug-likeness (QED) is 0.728. The third kappa shape index (κ3) is 5.57. The van der Waals surface area contributed by atoms with Crippen LogP contribution in [0.2, 0.25) is 0 Å². The highest BCUT2D eigenvalue weighted by Crippen LogP contribution is 2.09. The third-order valence-electron chi connectivity index (χ3n) is 2.75. The van der Waals surface area contributed by atoms with E-state index in [1.807, 2.05) is 25.2 Å². The maximum atomic E-state index is 11.4. The summed E-state index contributed by atoms with van der Waals surface area (Å²) >= 11 is 0. The molecule has 2 amide bonds. The van der Waals surface area contributed by atoms with Crippen LogP contribution in [-0.4, -0.2) is 32.7 Å². The van der Waals surface area contributed by atoms with Gasteiger partial charge in [-0.05, 0) is 18.6 Å². The maximum Gasteiger partial charge on any atom is 0.314 e. The summed E-state index contributed by atoms with van der Waals surface area (Å²) in [5, 5.41) is 5.68. The largest absolute Gasteiger partial charge is 0.373 e. The molecule has 0 bridgehead atoms. The first-order valence-corrected chi connectivity index (χ1v) is 6.52. The van der Waals surface area contributed by atoms with Crippen LogP contribution in [-0.2, 0) is 0 Å². The minimum Gasteiger partial charge on any atom is -0.373 e. The summed E-state index contributed by atoms with van der Waals surface area (Å²) in [6.45, 7) is 4.29. The van der Waals surface area contributed by atoms with Crippen LogP contribution in [0, 0.1) is 0 Å². The normalized spacial score (nSPS) is 9.89. The number of hydrogen-bond donors (Lipinski definition) is 2. The molecule has 0 heterocycles. The predicted molar refractivity (Wildman–Crippen MR) is 76.0 cm³/mol. The first-order valence-electron chi connectivity index (χ1n) is 6.52. The fourth-order valence-electron chi connectivity index (χ4n) is 1.59. The summed E-state index contributed by atoms with van der Waals surface area (Å²) in [5.74, 6) is 0. The van der Waals surface area contributed by atoms with Crippen molar-refractivity contribution in [1.29, 1.82) is 0 Å². The van der Waals surface area contributed by atoms with E-state index in [1.54, 1.807) is 0 Å². The minimum absolute atomic E-state index is 0.0788. The lowest BCUT2D eigenvalue weighted by atomic mass is 10.3. The summed E-state index contributed by atoms with van der Waals surface area (Å²) in [5.41, 5.74) is 1.16. The summed E-state index contributed by atoms with van der Waals surface area (Å²) < 4.78 is 0.